The zero-order valence-electron chi connectivity index (χ0n) is 51.8. The standard InChI is InChI=1S/C37H52N2O5Si.C29H46N2O3Si/c1-29(2)39(35(41)42-28-30-19-13-10-14-20-30)26-25-31(27-38(9)34(40)43-36(3,4)5)44-45(37(6,7)8,32-21-15-11-16-22-32)33-23-17-12-18-24-33;1-23(2)30-21-20-24(22-31(9)27(32)33-28(3,4)5)34-35(29(6,7)8,25-16-12-10-13-17-25)26-18-14-11-15-19-26/h10-24,29,31H,25-28H2,1-9H3;10-19,23-24,30H,20-22H2,1-9H3/t31-;24-/m00/s1. The number of hydrogen-bond donors (Lipinski definition) is 1. The van der Waals surface area contributed by atoms with Gasteiger partial charge >= 0.3 is 18.3 Å². The average molecular weight is 1130 g/mol. The van der Waals surface area contributed by atoms with E-state index in [-0.39, 0.29) is 41.0 Å². The van der Waals surface area contributed by atoms with Crippen LogP contribution in [-0.2, 0) is 29.7 Å². The third-order valence-corrected chi connectivity index (χ3v) is 23.8. The molecule has 5 aromatic rings. The lowest BCUT2D eigenvalue weighted by Crippen LogP contribution is -2.68. The van der Waals surface area contributed by atoms with Crippen molar-refractivity contribution >= 4 is 55.7 Å². The van der Waals surface area contributed by atoms with Crippen LogP contribution in [0.3, 0.4) is 0 Å². The predicted octanol–water partition coefficient (Wildman–Crippen LogP) is 12.4. The summed E-state index contributed by atoms with van der Waals surface area (Å²) in [5, 5.41) is 7.90. The van der Waals surface area contributed by atoms with Crippen LogP contribution in [0.5, 0.6) is 0 Å². The number of amides is 3. The van der Waals surface area contributed by atoms with Crippen molar-refractivity contribution in [3.8, 4) is 0 Å². The van der Waals surface area contributed by atoms with Crippen molar-refractivity contribution in [3.05, 3.63) is 157 Å². The Morgan fingerprint density at radius 3 is 1.10 bits per heavy atom. The van der Waals surface area contributed by atoms with Gasteiger partial charge < -0.3 is 43.1 Å². The molecule has 5 rings (SSSR count). The van der Waals surface area contributed by atoms with Crippen molar-refractivity contribution in [1.29, 1.82) is 0 Å². The van der Waals surface area contributed by atoms with Crippen LogP contribution in [0.1, 0.15) is 129 Å². The quantitative estimate of drug-likeness (QED) is 0.0534. The van der Waals surface area contributed by atoms with Crippen molar-refractivity contribution in [2.45, 2.75) is 176 Å². The third-order valence-electron chi connectivity index (χ3n) is 13.7. The molecule has 0 aliphatic heterocycles. The summed E-state index contributed by atoms with van der Waals surface area (Å²) < 4.78 is 31.9. The molecule has 0 heterocycles. The van der Waals surface area contributed by atoms with E-state index in [9.17, 15) is 14.4 Å². The van der Waals surface area contributed by atoms with Gasteiger partial charge in [-0.05, 0) is 111 Å². The van der Waals surface area contributed by atoms with E-state index in [4.69, 9.17) is 23.1 Å². The van der Waals surface area contributed by atoms with Gasteiger partial charge in [-0.3, -0.25) is 0 Å². The highest BCUT2D eigenvalue weighted by Gasteiger charge is 2.53. The van der Waals surface area contributed by atoms with E-state index in [1.165, 1.54) is 10.4 Å². The molecule has 5 aromatic carbocycles. The van der Waals surface area contributed by atoms with Crippen molar-refractivity contribution < 1.29 is 37.4 Å². The topological polar surface area (TPSA) is 119 Å². The molecule has 438 valence electrons. The fourth-order valence-electron chi connectivity index (χ4n) is 9.88. The molecule has 12 nitrogen and oxygen atoms in total. The highest BCUT2D eigenvalue weighted by atomic mass is 28.4. The van der Waals surface area contributed by atoms with Crippen LogP contribution in [0.25, 0.3) is 0 Å². The Morgan fingerprint density at radius 2 is 0.800 bits per heavy atom. The van der Waals surface area contributed by atoms with Crippen molar-refractivity contribution in [3.63, 3.8) is 0 Å². The van der Waals surface area contributed by atoms with Crippen molar-refractivity contribution in [2.75, 3.05) is 40.3 Å². The Bertz CT molecular complexity index is 2520. The van der Waals surface area contributed by atoms with Gasteiger partial charge in [-0.1, -0.05) is 207 Å². The Balaban J connectivity index is 0.000000356. The summed E-state index contributed by atoms with van der Waals surface area (Å²) in [5.41, 5.74) is -0.239. The Hall–Kier alpha value is -5.78. The number of carbonyl (C=O) groups is 3. The van der Waals surface area contributed by atoms with Crippen LogP contribution in [-0.4, -0.2) is 125 Å². The molecule has 0 aromatic heterocycles. The average Bonchev–Trinajstić information content (AvgIpc) is 3.59. The second-order valence-electron chi connectivity index (χ2n) is 25.5. The molecule has 0 bridgehead atoms. The predicted molar refractivity (Wildman–Crippen MR) is 334 cm³/mol. The van der Waals surface area contributed by atoms with E-state index < -0.39 is 40.0 Å². The second-order valence-corrected chi connectivity index (χ2v) is 34.0. The number of nitrogens with zero attached hydrogens (tertiary/aromatic N) is 3. The first kappa shape index (κ1) is 66.7. The van der Waals surface area contributed by atoms with Gasteiger partial charge in [-0.2, -0.15) is 0 Å². The summed E-state index contributed by atoms with van der Waals surface area (Å²) in [6.45, 7) is 35.2. The summed E-state index contributed by atoms with van der Waals surface area (Å²) in [7, 11) is -2.17. The lowest BCUT2D eigenvalue weighted by Gasteiger charge is -2.46. The van der Waals surface area contributed by atoms with Crippen molar-refractivity contribution in [2.24, 2.45) is 0 Å². The van der Waals surface area contributed by atoms with Gasteiger partial charge in [0.15, 0.2) is 0 Å². The summed E-state index contributed by atoms with van der Waals surface area (Å²) in [5.74, 6) is 0. The maximum absolute atomic E-state index is 13.3. The SMILES string of the molecule is CC(C)N(CC[C@@H](CN(C)C(=O)OC(C)(C)C)O[Si](c1ccccc1)(c1ccccc1)C(C)(C)C)C(=O)OCc1ccccc1.CC(C)NCC[C@@H](CN(C)C(=O)OC(C)(C)C)O[Si](c1ccccc1)(c1ccccc1)C(C)(C)C. The third kappa shape index (κ3) is 19.7. The van der Waals surface area contributed by atoms with E-state index in [1.54, 1.807) is 28.8 Å². The Morgan fingerprint density at radius 1 is 0.475 bits per heavy atom. The van der Waals surface area contributed by atoms with Gasteiger partial charge in [0, 0.05) is 45.8 Å². The van der Waals surface area contributed by atoms with E-state index in [2.05, 4.69) is 170 Å². The minimum Gasteiger partial charge on any atom is -0.445 e. The first-order valence-corrected chi connectivity index (χ1v) is 32.4. The van der Waals surface area contributed by atoms with Crippen LogP contribution in [0.2, 0.25) is 10.1 Å². The minimum absolute atomic E-state index is 0.0922. The normalized spacial score (nSPS) is 13.2. The molecular formula is C66H98N4O8Si2. The first-order chi connectivity index (χ1) is 37.4. The molecule has 14 heteroatoms. The fourth-order valence-corrected chi connectivity index (χ4v) is 19.3. The first-order valence-electron chi connectivity index (χ1n) is 28.6. The van der Waals surface area contributed by atoms with Gasteiger partial charge in [-0.15, -0.1) is 0 Å². The molecule has 0 aliphatic rings. The lowest BCUT2D eigenvalue weighted by molar-refractivity contribution is 0.0196. The van der Waals surface area contributed by atoms with E-state index in [1.807, 2.05) is 97.9 Å². The molecule has 0 spiro atoms. The number of likely N-dealkylation sites (N-methyl/N-ethyl adjacent to an activating group) is 2. The second kappa shape index (κ2) is 29.8. The van der Waals surface area contributed by atoms with Crippen LogP contribution in [0, 0.1) is 0 Å². The zero-order chi connectivity index (χ0) is 59.5. The smallest absolute Gasteiger partial charge is 0.410 e. The molecule has 0 radical (unpaired) electrons. The molecule has 0 saturated carbocycles. The van der Waals surface area contributed by atoms with Crippen LogP contribution in [0.15, 0.2) is 152 Å². The molecule has 0 fully saturated rings. The van der Waals surface area contributed by atoms with Crippen LogP contribution in [0.4, 0.5) is 14.4 Å². The molecule has 3 amide bonds. The highest BCUT2D eigenvalue weighted by molar-refractivity contribution is 7.00. The van der Waals surface area contributed by atoms with Crippen LogP contribution < -0.4 is 26.1 Å². The van der Waals surface area contributed by atoms with Crippen LogP contribution >= 0.6 is 0 Å². The number of hydrogen-bond acceptors (Lipinski definition) is 9. The number of rotatable bonds is 22. The number of nitrogens with one attached hydrogen (secondary N) is 1. The summed E-state index contributed by atoms with van der Waals surface area (Å²) in [4.78, 5) is 44.3. The van der Waals surface area contributed by atoms with E-state index in [0.717, 1.165) is 28.9 Å². The van der Waals surface area contributed by atoms with Gasteiger partial charge in [0.2, 0.25) is 0 Å². The summed E-state index contributed by atoms with van der Waals surface area (Å²) >= 11 is 0. The van der Waals surface area contributed by atoms with Gasteiger partial charge in [0.05, 0.1) is 12.2 Å². The lowest BCUT2D eigenvalue weighted by atomic mass is 10.2. The molecule has 0 aliphatic carbocycles. The largest absolute Gasteiger partial charge is 0.445 e. The Kier molecular flexibility index (Phi) is 24.9. The maximum atomic E-state index is 13.3. The molecule has 2 atom stereocenters. The maximum Gasteiger partial charge on any atom is 0.410 e. The van der Waals surface area contributed by atoms with Gasteiger partial charge in [0.1, 0.15) is 17.8 Å². The minimum atomic E-state index is -2.96. The Labute approximate surface area is 484 Å². The molecule has 0 saturated heterocycles. The van der Waals surface area contributed by atoms with E-state index in [0.29, 0.717) is 32.1 Å². The molecule has 80 heavy (non-hydrogen) atoms. The van der Waals surface area contributed by atoms with E-state index >= 15 is 0 Å². The number of benzene rings is 5. The van der Waals surface area contributed by atoms with Crippen molar-refractivity contribution in [1.82, 2.24) is 20.0 Å². The summed E-state index contributed by atoms with van der Waals surface area (Å²) in [6.07, 6.45) is -0.404. The highest BCUT2D eigenvalue weighted by Crippen LogP contribution is 2.39. The molecular weight excluding hydrogens is 1030 g/mol. The van der Waals surface area contributed by atoms with Gasteiger partial charge in [-0.25, -0.2) is 14.4 Å². The zero-order valence-corrected chi connectivity index (χ0v) is 53.8. The fraction of sp³-hybridized carbons (Fsp3) is 0.500. The number of ether oxygens (including phenoxy) is 3. The monoisotopic (exact) mass is 1130 g/mol. The summed E-state index contributed by atoms with van der Waals surface area (Å²) in [6, 6.07) is 52.1. The molecule has 0 unspecified atom stereocenters. The van der Waals surface area contributed by atoms with Gasteiger partial charge in [0.25, 0.3) is 16.6 Å². The number of carbonyl (C=O) groups excluding carboxylic acids is 3. The molecule has 1 N–H and O–H groups in total.